The molecule has 6 nitrogen and oxygen atoms in total. The standard InChI is InChI=1S/C18H25NO5/c1-12(2)10-24-15-7-5-13(6-8-15)17(20)19-16(18(21)22)14-4-3-9-23-11-14/h5-8,12,14,16H,3-4,9-11H2,1-2H3,(H,19,20)(H,21,22). The number of carbonyl (C=O) groups excluding carboxylic acids is 1. The Labute approximate surface area is 142 Å². The van der Waals surface area contributed by atoms with Gasteiger partial charge in [-0.2, -0.15) is 0 Å². The van der Waals surface area contributed by atoms with E-state index < -0.39 is 17.9 Å². The molecule has 0 aromatic heterocycles. The van der Waals surface area contributed by atoms with Crippen LogP contribution in [0.2, 0.25) is 0 Å². The Kier molecular flexibility index (Phi) is 6.61. The molecule has 1 aliphatic heterocycles. The summed E-state index contributed by atoms with van der Waals surface area (Å²) in [5, 5.41) is 12.0. The molecule has 24 heavy (non-hydrogen) atoms. The van der Waals surface area contributed by atoms with Crippen LogP contribution in [0.4, 0.5) is 0 Å². The summed E-state index contributed by atoms with van der Waals surface area (Å²) in [6.45, 7) is 5.73. The molecular weight excluding hydrogens is 310 g/mol. The van der Waals surface area contributed by atoms with Gasteiger partial charge in [-0.1, -0.05) is 13.8 Å². The van der Waals surface area contributed by atoms with Gasteiger partial charge in [-0.15, -0.1) is 0 Å². The van der Waals surface area contributed by atoms with E-state index in [9.17, 15) is 14.7 Å². The van der Waals surface area contributed by atoms with Gasteiger partial charge in [-0.05, 0) is 43.0 Å². The zero-order valence-corrected chi connectivity index (χ0v) is 14.2. The van der Waals surface area contributed by atoms with Crippen LogP contribution in [0.15, 0.2) is 24.3 Å². The minimum absolute atomic E-state index is 0.200. The average Bonchev–Trinajstić information content (AvgIpc) is 2.58. The van der Waals surface area contributed by atoms with Gasteiger partial charge < -0.3 is 19.9 Å². The second-order valence-corrected chi connectivity index (χ2v) is 6.50. The van der Waals surface area contributed by atoms with E-state index in [4.69, 9.17) is 9.47 Å². The van der Waals surface area contributed by atoms with Crippen molar-refractivity contribution >= 4 is 11.9 Å². The van der Waals surface area contributed by atoms with Gasteiger partial charge in [0.15, 0.2) is 0 Å². The molecule has 1 amide bonds. The monoisotopic (exact) mass is 335 g/mol. The van der Waals surface area contributed by atoms with Crippen molar-refractivity contribution in [1.29, 1.82) is 0 Å². The Bertz CT molecular complexity index is 549. The molecule has 0 aliphatic carbocycles. The maximum absolute atomic E-state index is 12.3. The smallest absolute Gasteiger partial charge is 0.326 e. The lowest BCUT2D eigenvalue weighted by molar-refractivity contribution is -0.142. The third kappa shape index (κ3) is 5.23. The predicted molar refractivity (Wildman–Crippen MR) is 89.2 cm³/mol. The Morgan fingerprint density at radius 2 is 2.04 bits per heavy atom. The largest absolute Gasteiger partial charge is 0.493 e. The molecule has 2 atom stereocenters. The molecule has 6 heteroatoms. The van der Waals surface area contributed by atoms with Crippen molar-refractivity contribution in [2.45, 2.75) is 32.7 Å². The van der Waals surface area contributed by atoms with Crippen molar-refractivity contribution in [1.82, 2.24) is 5.32 Å². The van der Waals surface area contributed by atoms with Gasteiger partial charge in [0, 0.05) is 18.1 Å². The number of amides is 1. The van der Waals surface area contributed by atoms with Crippen molar-refractivity contribution < 1.29 is 24.2 Å². The predicted octanol–water partition coefficient (Wildman–Crippen LogP) is 2.33. The molecule has 0 bridgehead atoms. The highest BCUT2D eigenvalue weighted by Gasteiger charge is 2.31. The number of hydrogen-bond acceptors (Lipinski definition) is 4. The maximum Gasteiger partial charge on any atom is 0.326 e. The Morgan fingerprint density at radius 3 is 2.58 bits per heavy atom. The minimum atomic E-state index is -1.03. The highest BCUT2D eigenvalue weighted by Crippen LogP contribution is 2.19. The van der Waals surface area contributed by atoms with E-state index in [2.05, 4.69) is 19.2 Å². The van der Waals surface area contributed by atoms with Crippen LogP contribution < -0.4 is 10.1 Å². The summed E-state index contributed by atoms with van der Waals surface area (Å²) in [5.74, 6) is -0.523. The van der Waals surface area contributed by atoms with Crippen LogP contribution >= 0.6 is 0 Å². The fourth-order valence-electron chi connectivity index (χ4n) is 2.60. The normalized spacial score (nSPS) is 18.9. The second-order valence-electron chi connectivity index (χ2n) is 6.50. The quantitative estimate of drug-likeness (QED) is 0.799. The molecule has 1 aliphatic rings. The summed E-state index contributed by atoms with van der Waals surface area (Å²) in [5.41, 5.74) is 0.412. The fourth-order valence-corrected chi connectivity index (χ4v) is 2.60. The van der Waals surface area contributed by atoms with Gasteiger partial charge >= 0.3 is 5.97 Å². The molecule has 0 spiro atoms. The van der Waals surface area contributed by atoms with E-state index in [1.807, 2.05) is 0 Å². The summed E-state index contributed by atoms with van der Waals surface area (Å²) in [4.78, 5) is 23.8. The third-order valence-electron chi connectivity index (χ3n) is 3.92. The zero-order chi connectivity index (χ0) is 17.5. The number of hydrogen-bond donors (Lipinski definition) is 2. The average molecular weight is 335 g/mol. The molecule has 1 saturated heterocycles. The van der Waals surface area contributed by atoms with Gasteiger partial charge in [0.05, 0.1) is 13.2 Å². The van der Waals surface area contributed by atoms with Crippen LogP contribution in [0.1, 0.15) is 37.0 Å². The van der Waals surface area contributed by atoms with Gasteiger partial charge in [0.2, 0.25) is 0 Å². The van der Waals surface area contributed by atoms with Crippen molar-refractivity contribution in [3.63, 3.8) is 0 Å². The van der Waals surface area contributed by atoms with E-state index in [1.165, 1.54) is 0 Å². The summed E-state index contributed by atoms with van der Waals surface area (Å²) in [6, 6.07) is 5.78. The number of carboxylic acid groups (broad SMARTS) is 1. The van der Waals surface area contributed by atoms with Crippen LogP contribution in [-0.4, -0.2) is 42.8 Å². The SMILES string of the molecule is CC(C)COc1ccc(C(=O)NC(C(=O)O)C2CCCOC2)cc1. The molecule has 1 aromatic rings. The Balaban J connectivity index is 1.97. The summed E-state index contributed by atoms with van der Waals surface area (Å²) in [7, 11) is 0. The van der Waals surface area contributed by atoms with Crippen LogP contribution in [0, 0.1) is 11.8 Å². The fraction of sp³-hybridized carbons (Fsp3) is 0.556. The van der Waals surface area contributed by atoms with Crippen molar-refractivity contribution in [3.05, 3.63) is 29.8 Å². The van der Waals surface area contributed by atoms with Gasteiger partial charge in [0.25, 0.3) is 5.91 Å². The lowest BCUT2D eigenvalue weighted by Gasteiger charge is -2.28. The summed E-state index contributed by atoms with van der Waals surface area (Å²) >= 11 is 0. The molecule has 2 unspecified atom stereocenters. The zero-order valence-electron chi connectivity index (χ0n) is 14.2. The van der Waals surface area contributed by atoms with E-state index >= 15 is 0 Å². The second kappa shape index (κ2) is 8.68. The first-order valence-corrected chi connectivity index (χ1v) is 8.31. The Morgan fingerprint density at radius 1 is 1.33 bits per heavy atom. The van der Waals surface area contributed by atoms with Crippen molar-refractivity contribution in [2.75, 3.05) is 19.8 Å². The first-order valence-electron chi connectivity index (χ1n) is 8.31. The van der Waals surface area contributed by atoms with Gasteiger partial charge in [0.1, 0.15) is 11.8 Å². The number of ether oxygens (including phenoxy) is 2. The first kappa shape index (κ1) is 18.3. The number of carbonyl (C=O) groups is 2. The maximum atomic E-state index is 12.3. The van der Waals surface area contributed by atoms with Crippen LogP contribution in [0.3, 0.4) is 0 Å². The van der Waals surface area contributed by atoms with Crippen LogP contribution in [0.25, 0.3) is 0 Å². The number of carboxylic acids is 1. The van der Waals surface area contributed by atoms with E-state index in [1.54, 1.807) is 24.3 Å². The Hall–Kier alpha value is -2.08. The number of rotatable bonds is 7. The highest BCUT2D eigenvalue weighted by molar-refractivity contribution is 5.96. The van der Waals surface area contributed by atoms with E-state index in [0.29, 0.717) is 37.1 Å². The van der Waals surface area contributed by atoms with Gasteiger partial charge in [-0.25, -0.2) is 4.79 Å². The molecule has 1 fully saturated rings. The lowest BCUT2D eigenvalue weighted by Crippen LogP contribution is -2.48. The van der Waals surface area contributed by atoms with E-state index in [0.717, 1.165) is 12.8 Å². The highest BCUT2D eigenvalue weighted by atomic mass is 16.5. The molecule has 2 rings (SSSR count). The van der Waals surface area contributed by atoms with Crippen molar-refractivity contribution in [3.8, 4) is 5.75 Å². The number of nitrogens with one attached hydrogen (secondary N) is 1. The van der Waals surface area contributed by atoms with Crippen LogP contribution in [-0.2, 0) is 9.53 Å². The third-order valence-corrected chi connectivity index (χ3v) is 3.92. The minimum Gasteiger partial charge on any atom is -0.493 e. The molecule has 0 radical (unpaired) electrons. The molecule has 1 aromatic carbocycles. The number of benzene rings is 1. The molecule has 132 valence electrons. The number of aliphatic carboxylic acids is 1. The first-order chi connectivity index (χ1) is 11.5. The lowest BCUT2D eigenvalue weighted by atomic mass is 9.93. The van der Waals surface area contributed by atoms with Gasteiger partial charge in [-0.3, -0.25) is 4.79 Å². The molecule has 1 heterocycles. The summed E-state index contributed by atoms with van der Waals surface area (Å²) in [6.07, 6.45) is 1.55. The molecule has 0 saturated carbocycles. The topological polar surface area (TPSA) is 84.9 Å². The summed E-state index contributed by atoms with van der Waals surface area (Å²) < 4.78 is 10.9. The molecule has 2 N–H and O–H groups in total. The molecular formula is C18H25NO5. The van der Waals surface area contributed by atoms with Crippen molar-refractivity contribution in [2.24, 2.45) is 11.8 Å². The van der Waals surface area contributed by atoms with Crippen LogP contribution in [0.5, 0.6) is 5.75 Å². The van der Waals surface area contributed by atoms with E-state index in [-0.39, 0.29) is 5.92 Å².